The summed E-state index contributed by atoms with van der Waals surface area (Å²) in [5.74, 6) is -0.943. The summed E-state index contributed by atoms with van der Waals surface area (Å²) in [5.41, 5.74) is 1.30. The highest BCUT2D eigenvalue weighted by Crippen LogP contribution is 2.23. The van der Waals surface area contributed by atoms with Gasteiger partial charge >= 0.3 is 0 Å². The maximum atomic E-state index is 13.3. The van der Waals surface area contributed by atoms with Gasteiger partial charge in [0, 0.05) is 12.6 Å². The fourth-order valence-corrected chi connectivity index (χ4v) is 1.34. The molecule has 0 bridgehead atoms. The van der Waals surface area contributed by atoms with Crippen molar-refractivity contribution in [3.63, 3.8) is 0 Å². The van der Waals surface area contributed by atoms with Crippen molar-refractivity contribution in [2.45, 2.75) is 13.8 Å². The summed E-state index contributed by atoms with van der Waals surface area (Å²) in [6.45, 7) is 4.38. The van der Waals surface area contributed by atoms with E-state index in [4.69, 9.17) is 0 Å². The van der Waals surface area contributed by atoms with Gasteiger partial charge in [0.2, 0.25) is 0 Å². The van der Waals surface area contributed by atoms with Crippen LogP contribution in [-0.4, -0.2) is 6.54 Å². The first-order valence-electron chi connectivity index (χ1n) is 4.52. The molecule has 0 radical (unpaired) electrons. The second kappa shape index (κ2) is 5.26. The molecule has 0 saturated heterocycles. The number of anilines is 1. The van der Waals surface area contributed by atoms with Gasteiger partial charge < -0.3 is 5.32 Å². The van der Waals surface area contributed by atoms with Crippen LogP contribution in [0.25, 0.3) is 0 Å². The van der Waals surface area contributed by atoms with Gasteiger partial charge in [0.1, 0.15) is 11.6 Å². The lowest BCUT2D eigenvalue weighted by Crippen LogP contribution is -2.02. The third-order valence-electron chi connectivity index (χ3n) is 1.81. The number of benzene rings is 1. The van der Waals surface area contributed by atoms with Crippen LogP contribution in [-0.2, 0) is 0 Å². The minimum atomic E-state index is -0.476. The van der Waals surface area contributed by atoms with Gasteiger partial charge in [0.15, 0.2) is 0 Å². The molecule has 1 aromatic rings. The summed E-state index contributed by atoms with van der Waals surface area (Å²) < 4.78 is 26.5. The Labute approximate surface area is 96.3 Å². The summed E-state index contributed by atoms with van der Waals surface area (Å²) in [6, 6.07) is 2.25. The van der Waals surface area contributed by atoms with Crippen LogP contribution >= 0.6 is 15.9 Å². The lowest BCUT2D eigenvalue weighted by atomic mass is 10.3. The fraction of sp³-hybridized carbons (Fsp3) is 0.273. The normalized spacial score (nSPS) is 9.93. The maximum Gasteiger partial charge on any atom is 0.147 e. The molecule has 0 aliphatic carbocycles. The van der Waals surface area contributed by atoms with Crippen molar-refractivity contribution < 1.29 is 8.78 Å². The first kappa shape index (κ1) is 12.2. The standard InChI is InChI=1S/C11H12BrF2N/c1-7(2)3-4-15-11-6-9(13)8(12)5-10(11)14/h3,5-6,15H,4H2,1-2H3. The van der Waals surface area contributed by atoms with Gasteiger partial charge in [-0.2, -0.15) is 0 Å². The minimum Gasteiger partial charge on any atom is -0.379 e. The topological polar surface area (TPSA) is 12.0 Å². The molecule has 0 fully saturated rings. The van der Waals surface area contributed by atoms with Crippen molar-refractivity contribution in [1.82, 2.24) is 0 Å². The van der Waals surface area contributed by atoms with E-state index < -0.39 is 11.6 Å². The molecule has 0 atom stereocenters. The van der Waals surface area contributed by atoms with Crippen molar-refractivity contribution in [3.8, 4) is 0 Å². The number of nitrogens with one attached hydrogen (secondary N) is 1. The molecule has 1 N–H and O–H groups in total. The molecule has 15 heavy (non-hydrogen) atoms. The summed E-state index contributed by atoms with van der Waals surface area (Å²) in [6.07, 6.45) is 1.90. The molecule has 0 aliphatic heterocycles. The number of hydrogen-bond acceptors (Lipinski definition) is 1. The van der Waals surface area contributed by atoms with E-state index in [0.29, 0.717) is 6.54 Å². The van der Waals surface area contributed by atoms with Gasteiger partial charge in [-0.15, -0.1) is 0 Å². The molecule has 1 rings (SSSR count). The number of rotatable bonds is 3. The zero-order valence-electron chi connectivity index (χ0n) is 8.57. The highest BCUT2D eigenvalue weighted by molar-refractivity contribution is 9.10. The predicted octanol–water partition coefficient (Wildman–Crippen LogP) is 4.11. The lowest BCUT2D eigenvalue weighted by Gasteiger charge is -2.06. The SMILES string of the molecule is CC(C)=CCNc1cc(F)c(Br)cc1F. The van der Waals surface area contributed by atoms with Gasteiger partial charge in [-0.05, 0) is 35.8 Å². The highest BCUT2D eigenvalue weighted by Gasteiger charge is 2.06. The average Bonchev–Trinajstić information content (AvgIpc) is 2.13. The van der Waals surface area contributed by atoms with E-state index in [0.717, 1.165) is 17.7 Å². The molecule has 0 amide bonds. The Morgan fingerprint density at radius 3 is 2.60 bits per heavy atom. The average molecular weight is 276 g/mol. The third kappa shape index (κ3) is 3.63. The first-order valence-corrected chi connectivity index (χ1v) is 5.32. The van der Waals surface area contributed by atoms with Crippen LogP contribution in [0.2, 0.25) is 0 Å². The van der Waals surface area contributed by atoms with E-state index in [1.165, 1.54) is 0 Å². The fourth-order valence-electron chi connectivity index (χ4n) is 1.02. The maximum absolute atomic E-state index is 13.3. The van der Waals surface area contributed by atoms with Gasteiger partial charge in [0.25, 0.3) is 0 Å². The largest absolute Gasteiger partial charge is 0.379 e. The van der Waals surface area contributed by atoms with Gasteiger partial charge in [-0.25, -0.2) is 8.78 Å². The Balaban J connectivity index is 2.77. The summed E-state index contributed by atoms with van der Waals surface area (Å²) in [7, 11) is 0. The molecule has 82 valence electrons. The molecule has 0 saturated carbocycles. The third-order valence-corrected chi connectivity index (χ3v) is 2.42. The molecule has 4 heteroatoms. The van der Waals surface area contributed by atoms with Crippen LogP contribution in [0.5, 0.6) is 0 Å². The lowest BCUT2D eigenvalue weighted by molar-refractivity contribution is 0.597. The Morgan fingerprint density at radius 2 is 2.00 bits per heavy atom. The summed E-state index contributed by atoms with van der Waals surface area (Å²) in [5, 5.41) is 2.80. The number of halogens is 3. The van der Waals surface area contributed by atoms with E-state index in [1.54, 1.807) is 0 Å². The second-order valence-electron chi connectivity index (χ2n) is 3.41. The summed E-state index contributed by atoms with van der Waals surface area (Å²) in [4.78, 5) is 0. The van der Waals surface area contributed by atoms with Crippen LogP contribution in [0, 0.1) is 11.6 Å². The molecule has 1 nitrogen and oxygen atoms in total. The molecule has 0 aromatic heterocycles. The van der Waals surface area contributed by atoms with E-state index in [9.17, 15) is 8.78 Å². The van der Waals surface area contributed by atoms with Crippen molar-refractivity contribution in [2.75, 3.05) is 11.9 Å². The van der Waals surface area contributed by atoms with Crippen LogP contribution in [0.3, 0.4) is 0 Å². The Bertz CT molecular complexity index is 384. The molecule has 0 unspecified atom stereocenters. The van der Waals surface area contributed by atoms with Crippen molar-refractivity contribution in [3.05, 3.63) is 39.9 Å². The van der Waals surface area contributed by atoms with Gasteiger partial charge in [-0.3, -0.25) is 0 Å². The monoisotopic (exact) mass is 275 g/mol. The zero-order chi connectivity index (χ0) is 11.4. The Hall–Kier alpha value is -0.900. The molecular formula is C11H12BrF2N. The molecule has 0 aliphatic rings. The van der Waals surface area contributed by atoms with Crippen LogP contribution in [0.4, 0.5) is 14.5 Å². The molecule has 1 aromatic carbocycles. The summed E-state index contributed by atoms with van der Waals surface area (Å²) >= 11 is 2.92. The van der Waals surface area contributed by atoms with Gasteiger partial charge in [0.05, 0.1) is 10.2 Å². The molecular weight excluding hydrogens is 264 g/mol. The van der Waals surface area contributed by atoms with E-state index in [-0.39, 0.29) is 10.2 Å². The van der Waals surface area contributed by atoms with Crippen molar-refractivity contribution in [1.29, 1.82) is 0 Å². The number of allylic oxidation sites excluding steroid dienone is 1. The first-order chi connectivity index (χ1) is 7.00. The Morgan fingerprint density at radius 1 is 1.33 bits per heavy atom. The zero-order valence-corrected chi connectivity index (χ0v) is 10.2. The van der Waals surface area contributed by atoms with Crippen molar-refractivity contribution >= 4 is 21.6 Å². The smallest absolute Gasteiger partial charge is 0.147 e. The Kier molecular flexibility index (Phi) is 4.27. The number of hydrogen-bond donors (Lipinski definition) is 1. The van der Waals surface area contributed by atoms with E-state index >= 15 is 0 Å². The van der Waals surface area contributed by atoms with Crippen LogP contribution in [0.1, 0.15) is 13.8 Å². The van der Waals surface area contributed by atoms with Crippen molar-refractivity contribution in [2.24, 2.45) is 0 Å². The van der Waals surface area contributed by atoms with E-state index in [2.05, 4.69) is 21.2 Å². The quantitative estimate of drug-likeness (QED) is 0.647. The van der Waals surface area contributed by atoms with Crippen LogP contribution < -0.4 is 5.32 Å². The molecule has 0 heterocycles. The highest BCUT2D eigenvalue weighted by atomic mass is 79.9. The minimum absolute atomic E-state index is 0.132. The molecule has 0 spiro atoms. The van der Waals surface area contributed by atoms with Crippen LogP contribution in [0.15, 0.2) is 28.3 Å². The predicted molar refractivity (Wildman–Crippen MR) is 62.0 cm³/mol. The second-order valence-corrected chi connectivity index (χ2v) is 4.26. The van der Waals surface area contributed by atoms with Gasteiger partial charge in [-0.1, -0.05) is 11.6 Å². The van der Waals surface area contributed by atoms with E-state index in [1.807, 2.05) is 19.9 Å².